The largest absolute Gasteiger partial charge is 0.345 e. The summed E-state index contributed by atoms with van der Waals surface area (Å²) >= 11 is 6.05. The summed E-state index contributed by atoms with van der Waals surface area (Å²) in [5.41, 5.74) is 1.46. The van der Waals surface area contributed by atoms with E-state index < -0.39 is 10.0 Å². The van der Waals surface area contributed by atoms with E-state index in [1.165, 1.54) is 18.2 Å². The second-order valence-electron chi connectivity index (χ2n) is 5.17. The van der Waals surface area contributed by atoms with Gasteiger partial charge in [-0.2, -0.15) is 0 Å². The summed E-state index contributed by atoms with van der Waals surface area (Å²) < 4.78 is 24.9. The summed E-state index contributed by atoms with van der Waals surface area (Å²) in [6, 6.07) is 13.7. The van der Waals surface area contributed by atoms with Gasteiger partial charge in [0.1, 0.15) is 0 Å². The van der Waals surface area contributed by atoms with E-state index >= 15 is 0 Å². The average Bonchev–Trinajstić information content (AvgIpc) is 2.48. The van der Waals surface area contributed by atoms with Crippen molar-refractivity contribution in [2.24, 2.45) is 0 Å². The van der Waals surface area contributed by atoms with Crippen molar-refractivity contribution in [1.82, 2.24) is 5.32 Å². The van der Waals surface area contributed by atoms with Gasteiger partial charge in [-0.15, -0.1) is 0 Å². The van der Waals surface area contributed by atoms with Gasteiger partial charge in [0.15, 0.2) is 0 Å². The average molecular weight is 353 g/mol. The fourth-order valence-corrected chi connectivity index (χ4v) is 2.83. The molecule has 1 atom stereocenters. The third-order valence-electron chi connectivity index (χ3n) is 3.16. The van der Waals surface area contributed by atoms with Gasteiger partial charge in [-0.25, -0.2) is 8.42 Å². The summed E-state index contributed by atoms with van der Waals surface area (Å²) in [5, 5.41) is 3.09. The van der Waals surface area contributed by atoms with Crippen LogP contribution in [0.5, 0.6) is 0 Å². The highest BCUT2D eigenvalue weighted by Gasteiger charge is 2.15. The predicted octanol–water partition coefficient (Wildman–Crippen LogP) is 3.20. The smallest absolute Gasteiger partial charge is 0.253 e. The molecule has 0 unspecified atom stereocenters. The van der Waals surface area contributed by atoms with Gasteiger partial charge in [0.05, 0.1) is 22.9 Å². The number of sulfonamides is 1. The molecular weight excluding hydrogens is 336 g/mol. The van der Waals surface area contributed by atoms with Crippen LogP contribution in [-0.2, 0) is 10.0 Å². The molecule has 0 aromatic heterocycles. The van der Waals surface area contributed by atoms with Crippen LogP contribution < -0.4 is 10.0 Å². The maximum Gasteiger partial charge on any atom is 0.253 e. The minimum absolute atomic E-state index is 0.203. The van der Waals surface area contributed by atoms with Crippen LogP contribution in [0.15, 0.2) is 48.5 Å². The molecule has 7 heteroatoms. The second kappa shape index (κ2) is 7.02. The highest BCUT2D eigenvalue weighted by Crippen LogP contribution is 2.22. The van der Waals surface area contributed by atoms with E-state index in [1.807, 2.05) is 37.3 Å². The maximum absolute atomic E-state index is 12.4. The summed E-state index contributed by atoms with van der Waals surface area (Å²) in [4.78, 5) is 12.4. The molecule has 0 radical (unpaired) electrons. The number of rotatable bonds is 5. The van der Waals surface area contributed by atoms with E-state index in [0.29, 0.717) is 0 Å². The van der Waals surface area contributed by atoms with Gasteiger partial charge in [0.25, 0.3) is 5.91 Å². The molecule has 0 saturated heterocycles. The van der Waals surface area contributed by atoms with Gasteiger partial charge in [-0.05, 0) is 30.7 Å². The monoisotopic (exact) mass is 352 g/mol. The first kappa shape index (κ1) is 17.3. The Labute approximate surface area is 140 Å². The molecule has 23 heavy (non-hydrogen) atoms. The molecule has 2 aromatic carbocycles. The summed E-state index contributed by atoms with van der Waals surface area (Å²) in [6.45, 7) is 1.86. The van der Waals surface area contributed by atoms with Gasteiger partial charge in [-0.3, -0.25) is 9.52 Å². The van der Waals surface area contributed by atoms with Gasteiger partial charge >= 0.3 is 0 Å². The molecule has 0 bridgehead atoms. The number of carbonyl (C=O) groups excluding carboxylic acids is 1. The molecule has 2 rings (SSSR count). The van der Waals surface area contributed by atoms with Crippen molar-refractivity contribution in [1.29, 1.82) is 0 Å². The normalized spacial score (nSPS) is 12.5. The fraction of sp³-hybridized carbons (Fsp3) is 0.188. The lowest BCUT2D eigenvalue weighted by Gasteiger charge is -2.15. The number of benzene rings is 2. The SMILES string of the molecule is C[C@@H](NC(=O)c1cc(NS(C)(=O)=O)ccc1Cl)c1ccccc1. The van der Waals surface area contributed by atoms with E-state index in [-0.39, 0.29) is 28.2 Å². The zero-order valence-corrected chi connectivity index (χ0v) is 14.3. The van der Waals surface area contributed by atoms with Gasteiger partial charge in [0, 0.05) is 5.69 Å². The van der Waals surface area contributed by atoms with E-state index in [2.05, 4.69) is 10.0 Å². The van der Waals surface area contributed by atoms with Crippen LogP contribution in [0.1, 0.15) is 28.9 Å². The molecule has 5 nitrogen and oxygen atoms in total. The lowest BCUT2D eigenvalue weighted by Crippen LogP contribution is -2.27. The van der Waals surface area contributed by atoms with Crippen LogP contribution in [-0.4, -0.2) is 20.6 Å². The maximum atomic E-state index is 12.4. The summed E-state index contributed by atoms with van der Waals surface area (Å²) in [5.74, 6) is -0.372. The summed E-state index contributed by atoms with van der Waals surface area (Å²) in [6.07, 6.45) is 1.04. The van der Waals surface area contributed by atoms with Crippen molar-refractivity contribution < 1.29 is 13.2 Å². The van der Waals surface area contributed by atoms with Crippen molar-refractivity contribution in [3.8, 4) is 0 Å². The van der Waals surface area contributed by atoms with Crippen LogP contribution >= 0.6 is 11.6 Å². The Bertz CT molecular complexity index is 807. The van der Waals surface area contributed by atoms with Crippen molar-refractivity contribution >= 4 is 33.2 Å². The van der Waals surface area contributed by atoms with Crippen molar-refractivity contribution in [2.45, 2.75) is 13.0 Å². The molecule has 0 spiro atoms. The van der Waals surface area contributed by atoms with E-state index in [4.69, 9.17) is 11.6 Å². The lowest BCUT2D eigenvalue weighted by molar-refractivity contribution is 0.0940. The van der Waals surface area contributed by atoms with Gasteiger partial charge in [-0.1, -0.05) is 41.9 Å². The fourth-order valence-electron chi connectivity index (χ4n) is 2.08. The van der Waals surface area contributed by atoms with E-state index in [1.54, 1.807) is 0 Å². The minimum Gasteiger partial charge on any atom is -0.345 e. The molecule has 0 saturated carbocycles. The third-order valence-corrected chi connectivity index (χ3v) is 4.10. The van der Waals surface area contributed by atoms with Crippen LogP contribution in [0.25, 0.3) is 0 Å². The van der Waals surface area contributed by atoms with Gasteiger partial charge in [0.2, 0.25) is 10.0 Å². The highest BCUT2D eigenvalue weighted by atomic mass is 35.5. The first-order valence-corrected chi connectivity index (χ1v) is 9.16. The zero-order valence-electron chi connectivity index (χ0n) is 12.7. The van der Waals surface area contributed by atoms with Gasteiger partial charge < -0.3 is 5.32 Å². The highest BCUT2D eigenvalue weighted by molar-refractivity contribution is 7.92. The first-order chi connectivity index (χ1) is 10.8. The predicted molar refractivity (Wildman–Crippen MR) is 92.2 cm³/mol. The van der Waals surface area contributed by atoms with Crippen molar-refractivity contribution in [2.75, 3.05) is 11.0 Å². The van der Waals surface area contributed by atoms with Crippen LogP contribution in [0.4, 0.5) is 5.69 Å². The Morgan fingerprint density at radius 1 is 1.13 bits per heavy atom. The molecule has 2 N–H and O–H groups in total. The molecule has 0 heterocycles. The second-order valence-corrected chi connectivity index (χ2v) is 7.33. The van der Waals surface area contributed by atoms with Crippen molar-refractivity contribution in [3.05, 3.63) is 64.7 Å². The molecule has 1 amide bonds. The third kappa shape index (κ3) is 4.97. The Kier molecular flexibility index (Phi) is 5.28. The van der Waals surface area contributed by atoms with Crippen molar-refractivity contribution in [3.63, 3.8) is 0 Å². The first-order valence-electron chi connectivity index (χ1n) is 6.89. The molecule has 0 aliphatic rings. The van der Waals surface area contributed by atoms with Crippen LogP contribution in [0.3, 0.4) is 0 Å². The number of anilines is 1. The molecule has 0 aliphatic carbocycles. The zero-order chi connectivity index (χ0) is 17.0. The number of halogens is 1. The Hall–Kier alpha value is -2.05. The van der Waals surface area contributed by atoms with Crippen LogP contribution in [0.2, 0.25) is 5.02 Å². The van der Waals surface area contributed by atoms with Crippen LogP contribution in [0, 0.1) is 0 Å². The lowest BCUT2D eigenvalue weighted by atomic mass is 10.1. The minimum atomic E-state index is -3.42. The quantitative estimate of drug-likeness (QED) is 0.867. The number of hydrogen-bond acceptors (Lipinski definition) is 3. The molecule has 0 aliphatic heterocycles. The number of hydrogen-bond donors (Lipinski definition) is 2. The molecule has 2 aromatic rings. The van der Waals surface area contributed by atoms with E-state index in [0.717, 1.165) is 11.8 Å². The molecule has 122 valence electrons. The Balaban J connectivity index is 2.20. The topological polar surface area (TPSA) is 75.3 Å². The van der Waals surface area contributed by atoms with E-state index in [9.17, 15) is 13.2 Å². The number of nitrogens with one attached hydrogen (secondary N) is 2. The summed E-state index contributed by atoms with van der Waals surface area (Å²) in [7, 11) is -3.42. The number of carbonyl (C=O) groups is 1. The molecule has 0 fully saturated rings. The Morgan fingerprint density at radius 3 is 2.39 bits per heavy atom. The number of amides is 1. The molecular formula is C16H17ClN2O3S. The standard InChI is InChI=1S/C16H17ClN2O3S/c1-11(12-6-4-3-5-7-12)18-16(20)14-10-13(8-9-15(14)17)19-23(2,21)22/h3-11,19H,1-2H3,(H,18,20)/t11-/m1/s1. The Morgan fingerprint density at radius 2 is 1.78 bits per heavy atom.